The molecule has 0 unspecified atom stereocenters. The van der Waals surface area contributed by atoms with Crippen LogP contribution in [0.3, 0.4) is 0 Å². The number of benzene rings is 1. The normalized spacial score (nSPS) is 11.1. The van der Waals surface area contributed by atoms with Crippen molar-refractivity contribution in [3.63, 3.8) is 0 Å². The number of alkyl halides is 3. The summed E-state index contributed by atoms with van der Waals surface area (Å²) in [7, 11) is 0. The average Bonchev–Trinajstić information content (AvgIpc) is 2.41. The molecule has 6 nitrogen and oxygen atoms in total. The quantitative estimate of drug-likeness (QED) is 0.571. The molecule has 21 heavy (non-hydrogen) atoms. The fourth-order valence-corrected chi connectivity index (χ4v) is 1.89. The average molecular weight is 364 g/mol. The van der Waals surface area contributed by atoms with E-state index in [0.29, 0.717) is 11.5 Å². The van der Waals surface area contributed by atoms with E-state index in [9.17, 15) is 13.2 Å². The number of nitrogen functional groups attached to an aromatic ring is 1. The first-order chi connectivity index (χ1) is 9.87. The molecular formula is C11H9BrF3N5O. The minimum Gasteiger partial charge on any atom is -0.405 e. The van der Waals surface area contributed by atoms with Crippen LogP contribution >= 0.6 is 15.9 Å². The van der Waals surface area contributed by atoms with Gasteiger partial charge in [0.15, 0.2) is 0 Å². The molecule has 0 atom stereocenters. The number of hydrazine groups is 1. The molecule has 0 aliphatic rings. The van der Waals surface area contributed by atoms with Crippen LogP contribution in [-0.4, -0.2) is 16.3 Å². The highest BCUT2D eigenvalue weighted by Crippen LogP contribution is 2.33. The van der Waals surface area contributed by atoms with Gasteiger partial charge in [-0.3, -0.25) is 5.43 Å². The van der Waals surface area contributed by atoms with Crippen molar-refractivity contribution >= 4 is 33.4 Å². The van der Waals surface area contributed by atoms with Crippen molar-refractivity contribution in [2.75, 3.05) is 10.7 Å². The zero-order valence-corrected chi connectivity index (χ0v) is 11.9. The lowest BCUT2D eigenvalue weighted by atomic mass is 10.3. The Balaban J connectivity index is 2.16. The molecule has 0 saturated carbocycles. The predicted octanol–water partition coefficient (Wildman–Crippen LogP) is 3.17. The standard InChI is InChI=1S/C11H9BrF3N5O/c12-7-5-6(1-2-8(7)21-11(13,14)15)18-9-3-4-17-10(19-9)20-16/h1-5H,16H2,(H2,17,18,19,20). The maximum Gasteiger partial charge on any atom is 0.573 e. The van der Waals surface area contributed by atoms with Gasteiger partial charge in [0.2, 0.25) is 5.95 Å². The number of aromatic nitrogens is 2. The summed E-state index contributed by atoms with van der Waals surface area (Å²) in [6.45, 7) is 0. The van der Waals surface area contributed by atoms with E-state index in [0.717, 1.165) is 0 Å². The monoisotopic (exact) mass is 363 g/mol. The molecule has 2 rings (SSSR count). The number of hydrogen-bond donors (Lipinski definition) is 3. The fraction of sp³-hybridized carbons (Fsp3) is 0.0909. The number of nitrogens with zero attached hydrogens (tertiary/aromatic N) is 2. The molecule has 4 N–H and O–H groups in total. The summed E-state index contributed by atoms with van der Waals surface area (Å²) in [5, 5.41) is 2.90. The lowest BCUT2D eigenvalue weighted by Crippen LogP contribution is -2.17. The molecule has 0 aliphatic carbocycles. The Hall–Kier alpha value is -2.07. The van der Waals surface area contributed by atoms with Gasteiger partial charge in [0.05, 0.1) is 4.47 Å². The first kappa shape index (κ1) is 15.3. The second kappa shape index (κ2) is 6.14. The van der Waals surface area contributed by atoms with Crippen molar-refractivity contribution in [3.8, 4) is 5.75 Å². The van der Waals surface area contributed by atoms with Crippen LogP contribution in [0.1, 0.15) is 0 Å². The third kappa shape index (κ3) is 4.46. The van der Waals surface area contributed by atoms with Crippen LogP contribution in [0.4, 0.5) is 30.6 Å². The molecule has 0 spiro atoms. The number of nitrogens with two attached hydrogens (primary N) is 1. The van der Waals surface area contributed by atoms with Crippen molar-refractivity contribution in [1.29, 1.82) is 0 Å². The second-order valence-electron chi connectivity index (χ2n) is 3.73. The van der Waals surface area contributed by atoms with Crippen molar-refractivity contribution in [2.24, 2.45) is 5.84 Å². The largest absolute Gasteiger partial charge is 0.573 e. The highest BCUT2D eigenvalue weighted by atomic mass is 79.9. The number of nitrogens with one attached hydrogen (secondary N) is 2. The van der Waals surface area contributed by atoms with Crippen molar-refractivity contribution in [1.82, 2.24) is 9.97 Å². The Morgan fingerprint density at radius 1 is 1.24 bits per heavy atom. The molecule has 112 valence electrons. The van der Waals surface area contributed by atoms with E-state index in [-0.39, 0.29) is 16.2 Å². The van der Waals surface area contributed by atoms with Crippen LogP contribution in [0.2, 0.25) is 0 Å². The smallest absolute Gasteiger partial charge is 0.405 e. The van der Waals surface area contributed by atoms with Gasteiger partial charge in [0.25, 0.3) is 0 Å². The van der Waals surface area contributed by atoms with E-state index in [1.807, 2.05) is 0 Å². The second-order valence-corrected chi connectivity index (χ2v) is 4.58. The Kier molecular flexibility index (Phi) is 4.48. The number of anilines is 3. The number of ether oxygens (including phenoxy) is 1. The zero-order chi connectivity index (χ0) is 15.5. The number of hydrogen-bond acceptors (Lipinski definition) is 6. The minimum absolute atomic E-state index is 0.149. The van der Waals surface area contributed by atoms with Gasteiger partial charge in [-0.25, -0.2) is 10.8 Å². The van der Waals surface area contributed by atoms with E-state index >= 15 is 0 Å². The molecule has 10 heteroatoms. The molecule has 0 bridgehead atoms. The van der Waals surface area contributed by atoms with E-state index in [1.165, 1.54) is 24.4 Å². The molecule has 1 aromatic carbocycles. The molecular weight excluding hydrogens is 355 g/mol. The highest BCUT2D eigenvalue weighted by molar-refractivity contribution is 9.10. The van der Waals surface area contributed by atoms with E-state index < -0.39 is 6.36 Å². The van der Waals surface area contributed by atoms with Gasteiger partial charge in [0.1, 0.15) is 11.6 Å². The molecule has 0 amide bonds. The molecule has 2 aromatic rings. The van der Waals surface area contributed by atoms with Crippen molar-refractivity contribution in [2.45, 2.75) is 6.36 Å². The summed E-state index contributed by atoms with van der Waals surface area (Å²) in [6, 6.07) is 5.61. The first-order valence-electron chi connectivity index (χ1n) is 5.49. The molecule has 1 heterocycles. The van der Waals surface area contributed by atoms with Crippen LogP contribution in [0.25, 0.3) is 0 Å². The molecule has 0 saturated heterocycles. The lowest BCUT2D eigenvalue weighted by molar-refractivity contribution is -0.274. The summed E-state index contributed by atoms with van der Waals surface area (Å²) in [6.07, 6.45) is -3.27. The first-order valence-corrected chi connectivity index (χ1v) is 6.28. The Bertz CT molecular complexity index is 637. The van der Waals surface area contributed by atoms with Crippen LogP contribution in [0, 0.1) is 0 Å². The summed E-state index contributed by atoms with van der Waals surface area (Å²) in [4.78, 5) is 7.84. The third-order valence-electron chi connectivity index (χ3n) is 2.21. The van der Waals surface area contributed by atoms with Crippen molar-refractivity contribution < 1.29 is 17.9 Å². The molecule has 0 radical (unpaired) electrons. The molecule has 0 aliphatic heterocycles. The maximum atomic E-state index is 12.2. The van der Waals surface area contributed by atoms with Crippen LogP contribution < -0.4 is 21.3 Å². The van der Waals surface area contributed by atoms with Crippen LogP contribution in [-0.2, 0) is 0 Å². The van der Waals surface area contributed by atoms with Gasteiger partial charge < -0.3 is 10.1 Å². The van der Waals surface area contributed by atoms with Gasteiger partial charge in [-0.15, -0.1) is 13.2 Å². The Morgan fingerprint density at radius 2 is 2.00 bits per heavy atom. The molecule has 1 aromatic heterocycles. The van der Waals surface area contributed by atoms with Gasteiger partial charge in [-0.1, -0.05) is 0 Å². The summed E-state index contributed by atoms with van der Waals surface area (Å²) in [5.41, 5.74) is 2.79. The highest BCUT2D eigenvalue weighted by Gasteiger charge is 2.31. The molecule has 0 fully saturated rings. The minimum atomic E-state index is -4.74. The lowest BCUT2D eigenvalue weighted by Gasteiger charge is -2.12. The Labute approximate surface area is 125 Å². The zero-order valence-electron chi connectivity index (χ0n) is 10.3. The predicted molar refractivity (Wildman–Crippen MR) is 73.9 cm³/mol. The van der Waals surface area contributed by atoms with Crippen molar-refractivity contribution in [3.05, 3.63) is 34.9 Å². The SMILES string of the molecule is NNc1nccc(Nc2ccc(OC(F)(F)F)c(Br)c2)n1. The topological polar surface area (TPSA) is 85.1 Å². The van der Waals surface area contributed by atoms with Gasteiger partial charge in [0, 0.05) is 11.9 Å². The fourth-order valence-electron chi connectivity index (χ4n) is 1.43. The third-order valence-corrected chi connectivity index (χ3v) is 2.83. The Morgan fingerprint density at radius 3 is 2.62 bits per heavy atom. The number of halogens is 4. The van der Waals surface area contributed by atoms with Gasteiger partial charge in [-0.2, -0.15) is 4.98 Å². The van der Waals surface area contributed by atoms with Crippen LogP contribution in [0.5, 0.6) is 5.75 Å². The summed E-state index contributed by atoms with van der Waals surface area (Å²) < 4.78 is 40.5. The van der Waals surface area contributed by atoms with Gasteiger partial charge >= 0.3 is 6.36 Å². The van der Waals surface area contributed by atoms with E-state index in [2.05, 4.69) is 41.4 Å². The summed E-state index contributed by atoms with van der Waals surface area (Å²) in [5.74, 6) is 5.48. The van der Waals surface area contributed by atoms with Gasteiger partial charge in [-0.05, 0) is 40.2 Å². The number of rotatable bonds is 4. The maximum absolute atomic E-state index is 12.2. The van der Waals surface area contributed by atoms with E-state index in [4.69, 9.17) is 5.84 Å². The van der Waals surface area contributed by atoms with E-state index in [1.54, 1.807) is 6.07 Å². The van der Waals surface area contributed by atoms with Crippen LogP contribution in [0.15, 0.2) is 34.9 Å². The summed E-state index contributed by atoms with van der Waals surface area (Å²) >= 11 is 3.01.